The molecule has 2 heterocycles. The van der Waals surface area contributed by atoms with E-state index in [1.165, 1.54) is 6.20 Å². The van der Waals surface area contributed by atoms with Crippen LogP contribution in [0.25, 0.3) is 0 Å². The van der Waals surface area contributed by atoms with Gasteiger partial charge in [-0.25, -0.2) is 4.98 Å². The van der Waals surface area contributed by atoms with Gasteiger partial charge in [-0.3, -0.25) is 14.5 Å². The molecule has 0 bridgehead atoms. The number of carboxylic acids is 1. The Bertz CT molecular complexity index is 517. The van der Waals surface area contributed by atoms with Crippen molar-refractivity contribution >= 4 is 29.2 Å². The number of carbonyl (C=O) groups excluding carboxylic acids is 1. The molecule has 2 N–H and O–H groups in total. The summed E-state index contributed by atoms with van der Waals surface area (Å²) in [5, 5.41) is 12.2. The van der Waals surface area contributed by atoms with Gasteiger partial charge in [-0.1, -0.05) is 11.6 Å². The van der Waals surface area contributed by atoms with E-state index in [1.807, 2.05) is 4.90 Å². The highest BCUT2D eigenvalue weighted by Gasteiger charge is 2.25. The molecule has 1 aliphatic rings. The summed E-state index contributed by atoms with van der Waals surface area (Å²) in [6.45, 7) is 2.90. The van der Waals surface area contributed by atoms with E-state index in [2.05, 4.69) is 10.3 Å². The number of anilines is 1. The van der Waals surface area contributed by atoms with Gasteiger partial charge in [-0.15, -0.1) is 0 Å². The summed E-state index contributed by atoms with van der Waals surface area (Å²) in [6.07, 6.45) is 1.34. The molecule has 1 saturated heterocycles. The second kappa shape index (κ2) is 8.07. The number of hydrogen-bond acceptors (Lipinski definition) is 5. The van der Waals surface area contributed by atoms with Gasteiger partial charge in [0.1, 0.15) is 5.15 Å². The molecule has 0 spiro atoms. The average molecular weight is 328 g/mol. The smallest absolute Gasteiger partial charge is 0.308 e. The molecule has 22 heavy (non-hydrogen) atoms. The molecular weight excluding hydrogens is 310 g/mol. The molecule has 120 valence electrons. The summed E-state index contributed by atoms with van der Waals surface area (Å²) in [6, 6.07) is 3.17. The second-order valence-corrected chi connectivity index (χ2v) is 5.46. The van der Waals surface area contributed by atoms with Crippen molar-refractivity contribution in [2.75, 3.05) is 38.2 Å². The zero-order valence-electron chi connectivity index (χ0n) is 12.0. The number of carboxylic acid groups (broad SMARTS) is 1. The Balaban J connectivity index is 1.87. The average Bonchev–Trinajstić information content (AvgIpc) is 2.50. The first kappa shape index (κ1) is 16.7. The van der Waals surface area contributed by atoms with Crippen LogP contribution in [0.4, 0.5) is 5.69 Å². The maximum absolute atomic E-state index is 12.0. The molecule has 2 rings (SSSR count). The molecular formula is C14H18ClN3O4. The third-order valence-electron chi connectivity index (χ3n) is 3.37. The van der Waals surface area contributed by atoms with Crippen molar-refractivity contribution in [2.45, 2.75) is 6.42 Å². The minimum atomic E-state index is -0.976. The van der Waals surface area contributed by atoms with E-state index in [0.717, 1.165) is 0 Å². The van der Waals surface area contributed by atoms with Gasteiger partial charge < -0.3 is 15.2 Å². The van der Waals surface area contributed by atoms with Crippen molar-refractivity contribution in [1.29, 1.82) is 0 Å². The van der Waals surface area contributed by atoms with Crippen LogP contribution >= 0.6 is 11.6 Å². The van der Waals surface area contributed by atoms with E-state index in [9.17, 15) is 14.7 Å². The first-order valence-electron chi connectivity index (χ1n) is 6.99. The largest absolute Gasteiger partial charge is 0.481 e. The summed E-state index contributed by atoms with van der Waals surface area (Å²) in [7, 11) is 0. The minimum absolute atomic E-state index is 0.0880. The number of nitrogens with zero attached hydrogens (tertiary/aromatic N) is 2. The Morgan fingerprint density at radius 1 is 1.41 bits per heavy atom. The van der Waals surface area contributed by atoms with Gasteiger partial charge in [-0.05, 0) is 12.1 Å². The zero-order chi connectivity index (χ0) is 15.9. The molecule has 0 aliphatic carbocycles. The summed E-state index contributed by atoms with van der Waals surface area (Å²) < 4.78 is 5.23. The van der Waals surface area contributed by atoms with Crippen molar-refractivity contribution in [2.24, 2.45) is 5.92 Å². The predicted molar refractivity (Wildman–Crippen MR) is 80.9 cm³/mol. The molecule has 0 saturated carbocycles. The van der Waals surface area contributed by atoms with Crippen LogP contribution in [0.3, 0.4) is 0 Å². The normalized spacial score (nSPS) is 17.0. The fourth-order valence-electron chi connectivity index (χ4n) is 2.21. The lowest BCUT2D eigenvalue weighted by Crippen LogP contribution is -2.41. The number of hydrogen-bond donors (Lipinski definition) is 2. The number of pyridine rings is 1. The summed E-state index contributed by atoms with van der Waals surface area (Å²) in [5.41, 5.74) is 0.491. The number of rotatable bonds is 6. The molecule has 1 aromatic rings. The number of aliphatic carboxylic acids is 1. The molecule has 1 amide bonds. The molecule has 1 fully saturated rings. The molecule has 1 aromatic heterocycles. The van der Waals surface area contributed by atoms with Crippen molar-refractivity contribution in [3.8, 4) is 0 Å². The minimum Gasteiger partial charge on any atom is -0.481 e. The predicted octanol–water partition coefficient (Wildman–Crippen LogP) is 1.10. The summed E-state index contributed by atoms with van der Waals surface area (Å²) in [4.78, 5) is 29.2. The lowest BCUT2D eigenvalue weighted by molar-refractivity contribution is -0.144. The van der Waals surface area contributed by atoms with Crippen LogP contribution < -0.4 is 5.32 Å². The van der Waals surface area contributed by atoms with E-state index in [-0.39, 0.29) is 12.3 Å². The third kappa shape index (κ3) is 5.25. The topological polar surface area (TPSA) is 91.8 Å². The van der Waals surface area contributed by atoms with Gasteiger partial charge in [0.2, 0.25) is 5.91 Å². The molecule has 8 heteroatoms. The first-order valence-corrected chi connectivity index (χ1v) is 7.36. The number of nitrogens with one attached hydrogen (secondary N) is 1. The maximum atomic E-state index is 12.0. The highest BCUT2D eigenvalue weighted by molar-refractivity contribution is 6.29. The summed E-state index contributed by atoms with van der Waals surface area (Å²) in [5.74, 6) is -2.08. The van der Waals surface area contributed by atoms with Crippen LogP contribution in [0.2, 0.25) is 5.15 Å². The van der Waals surface area contributed by atoms with E-state index >= 15 is 0 Å². The fraction of sp³-hybridized carbons (Fsp3) is 0.500. The van der Waals surface area contributed by atoms with Crippen molar-refractivity contribution in [1.82, 2.24) is 9.88 Å². The quantitative estimate of drug-likeness (QED) is 0.760. The molecule has 1 aliphatic heterocycles. The van der Waals surface area contributed by atoms with Crippen LogP contribution in [0, 0.1) is 5.92 Å². The monoisotopic (exact) mass is 327 g/mol. The highest BCUT2D eigenvalue weighted by atomic mass is 35.5. The number of aromatic nitrogens is 1. The van der Waals surface area contributed by atoms with Gasteiger partial charge >= 0.3 is 5.97 Å². The van der Waals surface area contributed by atoms with E-state index < -0.39 is 11.9 Å². The fourth-order valence-corrected chi connectivity index (χ4v) is 2.32. The highest BCUT2D eigenvalue weighted by Crippen LogP contribution is 2.13. The first-order chi connectivity index (χ1) is 10.5. The van der Waals surface area contributed by atoms with Gasteiger partial charge in [-0.2, -0.15) is 0 Å². The van der Waals surface area contributed by atoms with E-state index in [1.54, 1.807) is 12.1 Å². The van der Waals surface area contributed by atoms with Crippen LogP contribution in [0.15, 0.2) is 18.3 Å². The molecule has 0 unspecified atom stereocenters. The van der Waals surface area contributed by atoms with Gasteiger partial charge in [0.25, 0.3) is 0 Å². The van der Waals surface area contributed by atoms with Gasteiger partial charge in [0.15, 0.2) is 0 Å². The summed E-state index contributed by atoms with van der Waals surface area (Å²) >= 11 is 5.67. The SMILES string of the molecule is O=C(C[C@H](CN1CCOCC1)C(=O)O)Nc1ccc(Cl)nc1. The van der Waals surface area contributed by atoms with Crippen LogP contribution in [-0.4, -0.2) is 59.7 Å². The Morgan fingerprint density at radius 2 is 2.14 bits per heavy atom. The molecule has 1 atom stereocenters. The Kier molecular flexibility index (Phi) is 6.11. The maximum Gasteiger partial charge on any atom is 0.308 e. The Morgan fingerprint density at radius 3 is 2.73 bits per heavy atom. The van der Waals surface area contributed by atoms with E-state index in [4.69, 9.17) is 16.3 Å². The van der Waals surface area contributed by atoms with E-state index in [0.29, 0.717) is 43.7 Å². The zero-order valence-corrected chi connectivity index (χ0v) is 12.8. The Hall–Kier alpha value is -1.70. The van der Waals surface area contributed by atoms with Crippen molar-refractivity contribution in [3.63, 3.8) is 0 Å². The number of amides is 1. The van der Waals surface area contributed by atoms with Crippen molar-refractivity contribution in [3.05, 3.63) is 23.5 Å². The van der Waals surface area contributed by atoms with Crippen LogP contribution in [0.5, 0.6) is 0 Å². The number of halogens is 1. The van der Waals surface area contributed by atoms with Gasteiger partial charge in [0.05, 0.1) is 31.0 Å². The molecule has 0 radical (unpaired) electrons. The van der Waals surface area contributed by atoms with Crippen LogP contribution in [-0.2, 0) is 14.3 Å². The third-order valence-corrected chi connectivity index (χ3v) is 3.60. The molecule has 7 nitrogen and oxygen atoms in total. The lowest BCUT2D eigenvalue weighted by Gasteiger charge is -2.28. The number of morpholine rings is 1. The number of ether oxygens (including phenoxy) is 1. The standard InChI is InChI=1S/C14H18ClN3O4/c15-12-2-1-11(8-16-12)17-13(19)7-10(14(20)21)9-18-3-5-22-6-4-18/h1-2,8,10H,3-7,9H2,(H,17,19)(H,20,21)/t10-/m1/s1. The Labute approximate surface area is 133 Å². The number of carbonyl (C=O) groups is 2. The molecule has 0 aromatic carbocycles. The van der Waals surface area contributed by atoms with Crippen LogP contribution in [0.1, 0.15) is 6.42 Å². The van der Waals surface area contributed by atoms with Crippen molar-refractivity contribution < 1.29 is 19.4 Å². The second-order valence-electron chi connectivity index (χ2n) is 5.07. The lowest BCUT2D eigenvalue weighted by atomic mass is 10.0. The van der Waals surface area contributed by atoms with Gasteiger partial charge in [0, 0.05) is 26.1 Å².